The Balaban J connectivity index is 2.01. The summed E-state index contributed by atoms with van der Waals surface area (Å²) in [4.78, 5) is 12.5. The van der Waals surface area contributed by atoms with E-state index in [2.05, 4.69) is 15.5 Å². The van der Waals surface area contributed by atoms with Crippen molar-refractivity contribution in [2.75, 3.05) is 18.5 Å². The van der Waals surface area contributed by atoms with Crippen molar-refractivity contribution < 1.29 is 15.3 Å². The topological polar surface area (TPSA) is 120 Å². The Hall–Kier alpha value is -2.49. The Morgan fingerprint density at radius 2 is 2.12 bits per heavy atom. The number of anilines is 1. The van der Waals surface area contributed by atoms with E-state index < -0.39 is 18.3 Å². The Labute approximate surface area is 140 Å². The van der Waals surface area contributed by atoms with Crippen LogP contribution in [-0.2, 0) is 7.05 Å². The van der Waals surface area contributed by atoms with Gasteiger partial charge in [0.05, 0.1) is 18.3 Å². The number of phenolic OH excluding ortho intramolecular Hbond substituents is 1. The summed E-state index contributed by atoms with van der Waals surface area (Å²) in [5, 5.41) is 41.7. The largest absolute Gasteiger partial charge is 0.507 e. The van der Waals surface area contributed by atoms with E-state index in [0.717, 1.165) is 4.70 Å². The molecule has 0 aliphatic carbocycles. The number of nitrogens with zero attached hydrogens (tertiary/aromatic N) is 3. The molecule has 24 heavy (non-hydrogen) atoms. The SMILES string of the molecule is Cn1c(NC[C@H](O)CO)nnc(-c2ccc3sccc3c2O)c1=O. The third-order valence-electron chi connectivity index (χ3n) is 3.64. The summed E-state index contributed by atoms with van der Waals surface area (Å²) >= 11 is 1.49. The van der Waals surface area contributed by atoms with E-state index in [9.17, 15) is 15.0 Å². The number of rotatable bonds is 5. The molecule has 126 valence electrons. The van der Waals surface area contributed by atoms with Crippen molar-refractivity contribution in [3.63, 3.8) is 0 Å². The summed E-state index contributed by atoms with van der Waals surface area (Å²) < 4.78 is 2.15. The highest BCUT2D eigenvalue weighted by Gasteiger charge is 2.17. The van der Waals surface area contributed by atoms with Crippen LogP contribution in [-0.4, -0.2) is 49.3 Å². The zero-order chi connectivity index (χ0) is 17.3. The highest BCUT2D eigenvalue weighted by atomic mass is 32.1. The first-order valence-electron chi connectivity index (χ1n) is 7.19. The molecule has 0 spiro atoms. The number of aliphatic hydroxyl groups excluding tert-OH is 2. The van der Waals surface area contributed by atoms with E-state index in [0.29, 0.717) is 10.9 Å². The Morgan fingerprint density at radius 1 is 1.33 bits per heavy atom. The molecule has 8 nitrogen and oxygen atoms in total. The predicted octanol–water partition coefficient (Wildman–Crippen LogP) is 0.528. The third-order valence-corrected chi connectivity index (χ3v) is 4.52. The molecule has 9 heteroatoms. The second-order valence-corrected chi connectivity index (χ2v) is 6.20. The molecule has 0 fully saturated rings. The van der Waals surface area contributed by atoms with Gasteiger partial charge in [-0.1, -0.05) is 0 Å². The Bertz CT molecular complexity index is 937. The number of benzene rings is 1. The van der Waals surface area contributed by atoms with E-state index in [1.165, 1.54) is 23.0 Å². The number of hydrogen-bond donors (Lipinski definition) is 4. The van der Waals surface area contributed by atoms with E-state index in [1.54, 1.807) is 12.1 Å². The van der Waals surface area contributed by atoms with Crippen molar-refractivity contribution in [3.8, 4) is 17.0 Å². The van der Waals surface area contributed by atoms with E-state index >= 15 is 0 Å². The molecule has 0 amide bonds. The lowest BCUT2D eigenvalue weighted by atomic mass is 10.1. The second kappa shape index (κ2) is 6.56. The van der Waals surface area contributed by atoms with Gasteiger partial charge in [0, 0.05) is 23.7 Å². The number of phenols is 1. The monoisotopic (exact) mass is 348 g/mol. The summed E-state index contributed by atoms with van der Waals surface area (Å²) in [7, 11) is 1.51. The van der Waals surface area contributed by atoms with Crippen LogP contribution in [0.1, 0.15) is 0 Å². The van der Waals surface area contributed by atoms with Gasteiger partial charge < -0.3 is 20.6 Å². The van der Waals surface area contributed by atoms with Gasteiger partial charge in [0.1, 0.15) is 5.75 Å². The van der Waals surface area contributed by atoms with Gasteiger partial charge in [0.15, 0.2) is 5.69 Å². The number of aromatic nitrogens is 3. The summed E-state index contributed by atoms with van der Waals surface area (Å²) in [6.45, 7) is -0.370. The molecular formula is C15H16N4O4S. The van der Waals surface area contributed by atoms with Crippen molar-refractivity contribution in [2.45, 2.75) is 6.10 Å². The van der Waals surface area contributed by atoms with Gasteiger partial charge in [-0.15, -0.1) is 21.5 Å². The van der Waals surface area contributed by atoms with Crippen molar-refractivity contribution in [1.82, 2.24) is 14.8 Å². The quantitative estimate of drug-likeness (QED) is 0.531. The molecular weight excluding hydrogens is 332 g/mol. The van der Waals surface area contributed by atoms with Crippen LogP contribution in [0.25, 0.3) is 21.3 Å². The van der Waals surface area contributed by atoms with E-state index in [-0.39, 0.29) is 23.9 Å². The van der Waals surface area contributed by atoms with Crippen molar-refractivity contribution in [2.24, 2.45) is 7.05 Å². The number of thiophene rings is 1. The first-order valence-corrected chi connectivity index (χ1v) is 8.07. The first-order chi connectivity index (χ1) is 11.5. The summed E-state index contributed by atoms with van der Waals surface area (Å²) in [6, 6.07) is 5.24. The lowest BCUT2D eigenvalue weighted by molar-refractivity contribution is 0.105. The van der Waals surface area contributed by atoms with Crippen LogP contribution in [0.3, 0.4) is 0 Å². The van der Waals surface area contributed by atoms with Gasteiger partial charge >= 0.3 is 0 Å². The molecule has 0 aliphatic rings. The van der Waals surface area contributed by atoms with Gasteiger partial charge in [-0.05, 0) is 23.6 Å². The molecule has 3 aromatic rings. The fourth-order valence-electron chi connectivity index (χ4n) is 2.28. The van der Waals surface area contributed by atoms with Crippen molar-refractivity contribution in [1.29, 1.82) is 0 Å². The maximum Gasteiger partial charge on any atom is 0.281 e. The molecule has 0 saturated heterocycles. The number of hydrogen-bond acceptors (Lipinski definition) is 8. The van der Waals surface area contributed by atoms with Crippen LogP contribution in [0.15, 0.2) is 28.4 Å². The minimum absolute atomic E-state index is 0.00318. The molecule has 1 atom stereocenters. The molecule has 0 bridgehead atoms. The number of fused-ring (bicyclic) bond motifs is 1. The van der Waals surface area contributed by atoms with Crippen molar-refractivity contribution in [3.05, 3.63) is 33.9 Å². The van der Waals surface area contributed by atoms with Crippen LogP contribution < -0.4 is 10.9 Å². The minimum atomic E-state index is -0.966. The number of aromatic hydroxyl groups is 1. The molecule has 0 radical (unpaired) electrons. The molecule has 2 aromatic heterocycles. The fourth-order valence-corrected chi connectivity index (χ4v) is 3.07. The van der Waals surface area contributed by atoms with Crippen LogP contribution in [0.2, 0.25) is 0 Å². The molecule has 0 aliphatic heterocycles. The van der Waals surface area contributed by atoms with Crippen LogP contribution in [0.5, 0.6) is 5.75 Å². The highest BCUT2D eigenvalue weighted by Crippen LogP contribution is 2.36. The molecule has 1 aromatic carbocycles. The van der Waals surface area contributed by atoms with Gasteiger partial charge in [-0.3, -0.25) is 9.36 Å². The number of nitrogens with one attached hydrogen (secondary N) is 1. The average molecular weight is 348 g/mol. The Kier molecular flexibility index (Phi) is 4.47. The summed E-state index contributed by atoms with van der Waals surface area (Å²) in [5.41, 5.74) is -0.0804. The molecule has 3 rings (SSSR count). The Morgan fingerprint density at radius 3 is 2.88 bits per heavy atom. The zero-order valence-corrected chi connectivity index (χ0v) is 13.6. The maximum atomic E-state index is 12.5. The number of aliphatic hydroxyl groups is 2. The highest BCUT2D eigenvalue weighted by molar-refractivity contribution is 7.17. The minimum Gasteiger partial charge on any atom is -0.507 e. The fraction of sp³-hybridized carbons (Fsp3) is 0.267. The summed E-state index contributed by atoms with van der Waals surface area (Å²) in [6.07, 6.45) is -0.966. The second-order valence-electron chi connectivity index (χ2n) is 5.25. The van der Waals surface area contributed by atoms with Crippen LogP contribution in [0, 0.1) is 0 Å². The van der Waals surface area contributed by atoms with E-state index in [4.69, 9.17) is 5.11 Å². The summed E-state index contributed by atoms with van der Waals surface area (Å²) in [5.74, 6) is 0.156. The van der Waals surface area contributed by atoms with Gasteiger partial charge in [-0.25, -0.2) is 0 Å². The average Bonchev–Trinajstić information content (AvgIpc) is 3.06. The van der Waals surface area contributed by atoms with Crippen LogP contribution in [0.4, 0.5) is 5.95 Å². The third kappa shape index (κ3) is 2.84. The molecule has 0 saturated carbocycles. The van der Waals surface area contributed by atoms with E-state index in [1.807, 2.05) is 11.4 Å². The van der Waals surface area contributed by atoms with Crippen molar-refractivity contribution >= 4 is 27.4 Å². The first kappa shape index (κ1) is 16.4. The molecule has 0 unspecified atom stereocenters. The standard InChI is InChI=1S/C15H16N4O4S/c1-19-14(23)12(17-18-15(19)16-6-8(21)7-20)10-2-3-11-9(13(10)22)4-5-24-11/h2-5,8,20-22H,6-7H2,1H3,(H,16,18)/t8-/m0/s1. The zero-order valence-electron chi connectivity index (χ0n) is 12.8. The smallest absolute Gasteiger partial charge is 0.281 e. The predicted molar refractivity (Wildman–Crippen MR) is 91.3 cm³/mol. The molecule has 2 heterocycles. The normalized spacial score (nSPS) is 12.5. The van der Waals surface area contributed by atoms with Gasteiger partial charge in [-0.2, -0.15) is 0 Å². The maximum absolute atomic E-state index is 12.5. The van der Waals surface area contributed by atoms with Gasteiger partial charge in [0.25, 0.3) is 5.56 Å². The van der Waals surface area contributed by atoms with Crippen LogP contribution >= 0.6 is 11.3 Å². The molecule has 4 N–H and O–H groups in total. The lowest BCUT2D eigenvalue weighted by Crippen LogP contribution is -2.29. The van der Waals surface area contributed by atoms with Gasteiger partial charge in [0.2, 0.25) is 5.95 Å². The lowest BCUT2D eigenvalue weighted by Gasteiger charge is -2.13.